The van der Waals surface area contributed by atoms with Crippen molar-refractivity contribution < 1.29 is 75.2 Å². The molecule has 43 heteroatoms. The van der Waals surface area contributed by atoms with Crippen LogP contribution in [0.2, 0.25) is 0 Å². The Labute approximate surface area is 853 Å². The molecule has 772 valence electrons. The van der Waals surface area contributed by atoms with Crippen molar-refractivity contribution in [3.8, 4) is 45.8 Å². The number of aromatic nitrogens is 16. The normalized spacial score (nSPS) is 25.9. The van der Waals surface area contributed by atoms with Gasteiger partial charge in [-0.05, 0) is 257 Å². The third kappa shape index (κ3) is 24.3. The topological polar surface area (TPSA) is 426 Å². The number of morpholine rings is 1. The Morgan fingerprint density at radius 1 is 0.469 bits per heavy atom. The first-order chi connectivity index (χ1) is 68.1. The lowest BCUT2D eigenvalue weighted by atomic mass is 9.50. The molecular formula is C100H131Br2N19O17S5. The second kappa shape index (κ2) is 41.5. The summed E-state index contributed by atoms with van der Waals surface area (Å²) >= 11 is 7.09. The van der Waals surface area contributed by atoms with E-state index < -0.39 is 49.7 Å². The van der Waals surface area contributed by atoms with Gasteiger partial charge in [0, 0.05) is 137 Å². The minimum Gasteiger partial charge on any atom is -0.492 e. The summed E-state index contributed by atoms with van der Waals surface area (Å²) in [5.41, 5.74) is 8.01. The number of nitrogens with zero attached hydrogens (tertiary/aromatic N) is 17. The van der Waals surface area contributed by atoms with Gasteiger partial charge in [-0.3, -0.25) is 31.4 Å². The van der Waals surface area contributed by atoms with Crippen LogP contribution in [0.3, 0.4) is 0 Å². The molecule has 0 spiro atoms. The highest BCUT2D eigenvalue weighted by Crippen LogP contribution is 2.63. The minimum atomic E-state index is -3.47. The molecule has 1 saturated heterocycles. The Hall–Kier alpha value is -9.24. The van der Waals surface area contributed by atoms with Crippen LogP contribution < -0.4 is 37.9 Å². The number of sulfone groups is 2. The zero-order valence-corrected chi connectivity index (χ0v) is 89.6. The van der Waals surface area contributed by atoms with E-state index in [1.165, 1.54) is 197 Å². The molecule has 14 aliphatic carbocycles. The average Bonchev–Trinajstić information content (AvgIpc) is 1.36. The van der Waals surface area contributed by atoms with E-state index in [0.717, 1.165) is 127 Å². The third-order valence-corrected chi connectivity index (χ3v) is 37.2. The van der Waals surface area contributed by atoms with E-state index in [-0.39, 0.29) is 40.0 Å². The number of methoxy groups -OCH3 is 1. The maximum absolute atomic E-state index is 12.8. The fraction of sp³-hybridized carbons (Fsp3) is 0.610. The van der Waals surface area contributed by atoms with Crippen LogP contribution in [0.1, 0.15) is 222 Å². The summed E-state index contributed by atoms with van der Waals surface area (Å²) in [7, 11) is -15.2. The first-order valence-corrected chi connectivity index (χ1v) is 61.2. The number of hydrogen-bond acceptors (Lipinski definition) is 28. The van der Waals surface area contributed by atoms with Crippen molar-refractivity contribution in [1.29, 1.82) is 0 Å². The molecule has 12 bridgehead atoms. The van der Waals surface area contributed by atoms with Crippen LogP contribution in [-0.4, -0.2) is 216 Å². The van der Waals surface area contributed by atoms with Crippen molar-refractivity contribution in [2.45, 2.75) is 211 Å². The van der Waals surface area contributed by atoms with E-state index in [1.807, 2.05) is 55.8 Å². The Morgan fingerprint density at radius 3 is 1.32 bits per heavy atom. The Kier molecular flexibility index (Phi) is 29.7. The molecule has 12 heterocycles. The molecule has 1 aliphatic heterocycles. The van der Waals surface area contributed by atoms with E-state index >= 15 is 0 Å². The fourth-order valence-electron chi connectivity index (χ4n) is 26.5. The Morgan fingerprint density at radius 2 is 0.860 bits per heavy atom. The summed E-state index contributed by atoms with van der Waals surface area (Å²) < 4.78 is 177. The highest BCUT2D eigenvalue weighted by atomic mass is 79.9. The number of sulfonamides is 3. The zero-order chi connectivity index (χ0) is 100. The standard InChI is InChI=1S/C25H30N4O4S.C22H29BrN4O4S.C22H29N3O3S.C17H24N4O3S.C14H19BrN4O3S/c1-32-24-19(4-3-5-26-24)20-13-29-22(27-28-23(29)14-34(2,30)31)9-21(20)33-15-25-10-16-6-17(11-25)8-18(7-16)12-25;23-18-12-27-20(24-25-21(27)13-32(28,29)26-1-3-30-4-2-26)8-19(18)31-14-22-9-15-5-16(10-22)7-17(6-15)11-22;1-14(2)18-11-25-20(23-24-21(25)12-29(3,26)27)7-19(18)28-13-22-8-15-4-16(9-22)6-17(5-15)10-22;1-4-13-11-21-15(18-19-16(21)20-25(3,22)23)10-14(13)24-12-17(2)8-6-5-7-9-17;1-23(20,21)18-14-17-16-13-7-12(11(15)8-19(13)14)22-9-10-5-3-2-4-6-10/h3-5,9,13,16-18H,6-8,10-12,14-15H2,1-2H3;8,12,15-17H,1-7,9-11,13-14H2;7,11,15-17H,1,4-6,8-10,12-13H2,2-3H3;4,10-11H,1,5-9,12H2,2-3H3,(H,19,20);7-8,10H,2-6,9H2,1H3,(H,17,18). The molecule has 0 radical (unpaired) electrons. The largest absolute Gasteiger partial charge is 0.492 e. The molecule has 11 aromatic rings. The van der Waals surface area contributed by atoms with Gasteiger partial charge in [0.05, 0.1) is 74.8 Å². The van der Waals surface area contributed by atoms with Gasteiger partial charge in [-0.25, -0.2) is 47.1 Å². The van der Waals surface area contributed by atoms with Crippen LogP contribution in [0, 0.1) is 80.8 Å². The van der Waals surface area contributed by atoms with Crippen molar-refractivity contribution in [1.82, 2.24) is 82.3 Å². The molecule has 15 aliphatic rings. The van der Waals surface area contributed by atoms with E-state index in [1.54, 1.807) is 65.9 Å². The number of allylic oxidation sites excluding steroid dienone is 1. The maximum atomic E-state index is 12.8. The van der Waals surface area contributed by atoms with Crippen LogP contribution in [0.15, 0.2) is 102 Å². The van der Waals surface area contributed by atoms with Crippen molar-refractivity contribution in [3.05, 3.63) is 130 Å². The number of halogens is 2. The van der Waals surface area contributed by atoms with Gasteiger partial charge in [-0.2, -0.15) is 4.31 Å². The lowest BCUT2D eigenvalue weighted by Gasteiger charge is -2.56. The average molecular weight is 2190 g/mol. The second-order valence-corrected chi connectivity index (χ2v) is 55.5. The summed E-state index contributed by atoms with van der Waals surface area (Å²) in [4.78, 5) is 4.36. The molecule has 143 heavy (non-hydrogen) atoms. The highest BCUT2D eigenvalue weighted by molar-refractivity contribution is 9.11. The van der Waals surface area contributed by atoms with Crippen LogP contribution in [0.4, 0.5) is 11.9 Å². The first kappa shape index (κ1) is 102. The molecule has 2 N–H and O–H groups in total. The smallest absolute Gasteiger partial charge is 0.242 e. The Balaban J connectivity index is 0.000000114. The van der Waals surface area contributed by atoms with E-state index in [0.29, 0.717) is 132 Å². The van der Waals surface area contributed by atoms with Crippen LogP contribution in [0.5, 0.6) is 34.6 Å². The molecule has 36 nitrogen and oxygen atoms in total. The summed E-state index contributed by atoms with van der Waals surface area (Å²) in [6.45, 7) is 17.3. The maximum Gasteiger partial charge on any atom is 0.242 e. The molecule has 15 fully saturated rings. The minimum absolute atomic E-state index is 0.142. The molecule has 26 rings (SSSR count). The Bertz CT molecular complexity index is 7090. The molecule has 0 atom stereocenters. The first-order valence-electron chi connectivity index (χ1n) is 50.1. The monoisotopic (exact) mass is 2190 g/mol. The fourth-order valence-corrected chi connectivity index (χ4v) is 31.0. The van der Waals surface area contributed by atoms with Crippen molar-refractivity contribution in [2.24, 2.45) is 80.8 Å². The van der Waals surface area contributed by atoms with Gasteiger partial charge in [0.2, 0.25) is 47.8 Å². The second-order valence-electron chi connectivity index (χ2n) is 44.0. The SMILES string of the molecule is C=C(C)c1cn2c(CS(C)(=O)=O)nnc2cc1OCC12CC3CC(CC(C3)C1)C2.C=Cc1cn2c(NS(C)(=O)=O)nnc2cc1OCC1(C)CCCCC1.COc1ncccc1-c1cn2c(CS(C)(=O)=O)nnc2cc1OCC12CC3CC(CC(C3)C1)C2.CS(=O)(=O)Nc1nnc2cc(OCC3CCCCC3)c(Br)cn12.O=S(=O)(Cc1nnc2cc(OCC34CC5CC(CC(C5)C3)C4)c(Br)cn12)N1CCOCC1. The van der Waals surface area contributed by atoms with Crippen molar-refractivity contribution in [3.63, 3.8) is 0 Å². The number of nitrogens with one attached hydrogen (secondary N) is 2. The molecular weight excluding hydrogens is 2060 g/mol. The summed E-state index contributed by atoms with van der Waals surface area (Å²) in [5.74, 6) is 13.6. The van der Waals surface area contributed by atoms with Gasteiger partial charge in [0.1, 0.15) is 46.0 Å². The summed E-state index contributed by atoms with van der Waals surface area (Å²) in [6.07, 6.45) is 53.6. The molecule has 0 aromatic carbocycles. The number of ether oxygens (including phenoxy) is 7. The third-order valence-electron chi connectivity index (χ3n) is 31.6. The van der Waals surface area contributed by atoms with E-state index in [9.17, 15) is 42.1 Å². The molecule has 11 aromatic heterocycles. The molecule has 0 unspecified atom stereocenters. The lowest BCUT2D eigenvalue weighted by Crippen LogP contribution is -2.48. The van der Waals surface area contributed by atoms with E-state index in [4.69, 9.17) is 33.2 Å². The van der Waals surface area contributed by atoms with Crippen LogP contribution in [0.25, 0.3) is 51.0 Å². The number of pyridine rings is 6. The van der Waals surface area contributed by atoms with Crippen molar-refractivity contribution in [2.75, 3.05) is 101 Å². The predicted molar refractivity (Wildman–Crippen MR) is 551 cm³/mol. The molecule has 14 saturated carbocycles. The number of rotatable bonds is 30. The van der Waals surface area contributed by atoms with Crippen molar-refractivity contribution >= 4 is 133 Å². The van der Waals surface area contributed by atoms with Gasteiger partial charge in [0.25, 0.3) is 0 Å². The zero-order valence-electron chi connectivity index (χ0n) is 82.4. The van der Waals surface area contributed by atoms with Crippen LogP contribution in [-0.2, 0) is 71.7 Å². The number of fused-ring (bicyclic) bond motifs is 5. The van der Waals surface area contributed by atoms with Gasteiger partial charge in [-0.1, -0.05) is 64.7 Å². The van der Waals surface area contributed by atoms with Crippen LogP contribution >= 0.6 is 31.9 Å². The summed E-state index contributed by atoms with van der Waals surface area (Å²) in [5, 5.41) is 40.8. The summed E-state index contributed by atoms with van der Waals surface area (Å²) in [6, 6.07) is 12.9. The van der Waals surface area contributed by atoms with Gasteiger partial charge < -0.3 is 33.2 Å². The highest BCUT2D eigenvalue weighted by Gasteiger charge is 2.55. The number of anilines is 2. The quantitative estimate of drug-likeness (QED) is 0.0422. The lowest BCUT2D eigenvalue weighted by molar-refractivity contribution is -0.0746. The molecule has 0 amide bonds. The van der Waals surface area contributed by atoms with E-state index in [2.05, 4.69) is 117 Å². The van der Waals surface area contributed by atoms with Gasteiger partial charge in [0.15, 0.2) is 65.4 Å². The number of hydrogen-bond donors (Lipinski definition) is 2. The van der Waals surface area contributed by atoms with Gasteiger partial charge in [-0.15, -0.1) is 51.0 Å². The van der Waals surface area contributed by atoms with Gasteiger partial charge >= 0.3 is 0 Å². The predicted octanol–water partition coefficient (Wildman–Crippen LogP) is 17.0.